The first-order valence-electron chi connectivity index (χ1n) is 7.07. The zero-order chi connectivity index (χ0) is 15.1. The number of carboxylic acids is 1. The van der Waals surface area contributed by atoms with Crippen LogP contribution in [-0.2, 0) is 4.74 Å². The van der Waals surface area contributed by atoms with Gasteiger partial charge in [0.15, 0.2) is 5.69 Å². The number of carboxylic acid groups (broad SMARTS) is 1. The highest BCUT2D eigenvalue weighted by atomic mass is 16.5. The molecule has 3 heterocycles. The van der Waals surface area contributed by atoms with Gasteiger partial charge < -0.3 is 19.1 Å². The largest absolute Gasteiger partial charge is 0.476 e. The average molecular weight is 289 g/mol. The lowest BCUT2D eigenvalue weighted by Crippen LogP contribution is -2.45. The number of ether oxygens (including phenoxy) is 1. The molecular weight excluding hydrogens is 270 g/mol. The van der Waals surface area contributed by atoms with Gasteiger partial charge in [-0.2, -0.15) is 0 Å². The van der Waals surface area contributed by atoms with Gasteiger partial charge in [-0.3, -0.25) is 0 Å². The third-order valence-electron chi connectivity index (χ3n) is 3.72. The maximum atomic E-state index is 11.1. The molecule has 2 aromatic heterocycles. The van der Waals surface area contributed by atoms with E-state index in [4.69, 9.17) is 9.84 Å². The second-order valence-corrected chi connectivity index (χ2v) is 5.71. The minimum atomic E-state index is -1.01. The Morgan fingerprint density at radius 3 is 2.62 bits per heavy atom. The highest BCUT2D eigenvalue weighted by Crippen LogP contribution is 2.23. The van der Waals surface area contributed by atoms with Crippen molar-refractivity contribution in [3.8, 4) is 0 Å². The quantitative estimate of drug-likeness (QED) is 0.915. The smallest absolute Gasteiger partial charge is 0.356 e. The fourth-order valence-corrected chi connectivity index (χ4v) is 2.91. The van der Waals surface area contributed by atoms with Gasteiger partial charge in [-0.1, -0.05) is 0 Å². The van der Waals surface area contributed by atoms with Crippen LogP contribution in [0.3, 0.4) is 0 Å². The van der Waals surface area contributed by atoms with E-state index in [9.17, 15) is 4.79 Å². The number of rotatable bonds is 2. The van der Waals surface area contributed by atoms with Crippen LogP contribution in [0.25, 0.3) is 5.65 Å². The molecule has 6 nitrogen and oxygen atoms in total. The van der Waals surface area contributed by atoms with Gasteiger partial charge in [-0.25, -0.2) is 9.78 Å². The third-order valence-corrected chi connectivity index (χ3v) is 3.72. The van der Waals surface area contributed by atoms with Crippen molar-refractivity contribution in [1.82, 2.24) is 9.38 Å². The van der Waals surface area contributed by atoms with Gasteiger partial charge in [0, 0.05) is 25.5 Å². The number of hydrogen-bond acceptors (Lipinski definition) is 4. The molecule has 1 aliphatic rings. The molecule has 1 N–H and O–H groups in total. The number of aromatic carboxylic acids is 1. The predicted octanol–water partition coefficient (Wildman–Crippen LogP) is 1.95. The van der Waals surface area contributed by atoms with Gasteiger partial charge in [-0.05, 0) is 32.4 Å². The Morgan fingerprint density at radius 1 is 1.33 bits per heavy atom. The Hall–Kier alpha value is -2.08. The van der Waals surface area contributed by atoms with Crippen molar-refractivity contribution < 1.29 is 14.6 Å². The molecule has 1 aliphatic heterocycles. The number of morpholine rings is 1. The standard InChI is InChI=1S/C15H19N3O3/c1-9-4-12(17-5-10(2)21-11(3)6-17)7-18-8-13(15(19)20)16-14(9)18/h4,7-8,10-11H,5-6H2,1-3H3,(H,19,20). The number of fused-ring (bicyclic) bond motifs is 1. The minimum Gasteiger partial charge on any atom is -0.476 e. The van der Waals surface area contributed by atoms with E-state index in [2.05, 4.69) is 29.8 Å². The van der Waals surface area contributed by atoms with Crippen LogP contribution >= 0.6 is 0 Å². The third kappa shape index (κ3) is 2.58. The summed E-state index contributed by atoms with van der Waals surface area (Å²) in [6.45, 7) is 7.73. The fourth-order valence-electron chi connectivity index (χ4n) is 2.91. The molecular formula is C15H19N3O3. The van der Waals surface area contributed by atoms with Crippen molar-refractivity contribution in [1.29, 1.82) is 0 Å². The molecule has 2 aromatic rings. The molecule has 2 unspecified atom stereocenters. The summed E-state index contributed by atoms with van der Waals surface area (Å²) < 4.78 is 7.54. The summed E-state index contributed by atoms with van der Waals surface area (Å²) in [6, 6.07) is 2.05. The lowest BCUT2D eigenvalue weighted by molar-refractivity contribution is -0.00524. The van der Waals surface area contributed by atoms with Crippen molar-refractivity contribution in [3.63, 3.8) is 0 Å². The average Bonchev–Trinajstić information content (AvgIpc) is 2.82. The maximum absolute atomic E-state index is 11.1. The van der Waals surface area contributed by atoms with Crippen LogP contribution in [0.4, 0.5) is 5.69 Å². The molecule has 0 bridgehead atoms. The van der Waals surface area contributed by atoms with Crippen LogP contribution in [0.5, 0.6) is 0 Å². The van der Waals surface area contributed by atoms with E-state index < -0.39 is 5.97 Å². The van der Waals surface area contributed by atoms with Crippen molar-refractivity contribution in [2.24, 2.45) is 0 Å². The Kier molecular flexibility index (Phi) is 3.33. The number of pyridine rings is 1. The molecule has 0 saturated carbocycles. The van der Waals surface area contributed by atoms with Crippen molar-refractivity contribution in [2.75, 3.05) is 18.0 Å². The van der Waals surface area contributed by atoms with Crippen molar-refractivity contribution in [2.45, 2.75) is 33.0 Å². The van der Waals surface area contributed by atoms with Crippen molar-refractivity contribution in [3.05, 3.63) is 29.7 Å². The summed E-state index contributed by atoms with van der Waals surface area (Å²) in [5.74, 6) is -1.01. The molecule has 0 aromatic carbocycles. The van der Waals surface area contributed by atoms with Gasteiger partial charge in [0.1, 0.15) is 5.65 Å². The van der Waals surface area contributed by atoms with E-state index in [1.54, 1.807) is 10.6 Å². The topological polar surface area (TPSA) is 67.1 Å². The summed E-state index contributed by atoms with van der Waals surface area (Å²) in [5.41, 5.74) is 2.78. The van der Waals surface area contributed by atoms with Gasteiger partial charge in [0.05, 0.1) is 17.9 Å². The van der Waals surface area contributed by atoms with Crippen LogP contribution < -0.4 is 4.90 Å². The monoisotopic (exact) mass is 289 g/mol. The first-order chi connectivity index (χ1) is 9.94. The van der Waals surface area contributed by atoms with Gasteiger partial charge >= 0.3 is 5.97 Å². The Labute approximate surface area is 123 Å². The highest BCUT2D eigenvalue weighted by Gasteiger charge is 2.23. The van der Waals surface area contributed by atoms with E-state index >= 15 is 0 Å². The van der Waals surface area contributed by atoms with Crippen LogP contribution in [0.2, 0.25) is 0 Å². The minimum absolute atomic E-state index is 0.0685. The molecule has 0 radical (unpaired) electrons. The van der Waals surface area contributed by atoms with Crippen LogP contribution in [0.1, 0.15) is 29.9 Å². The first-order valence-corrected chi connectivity index (χ1v) is 7.07. The number of anilines is 1. The lowest BCUT2D eigenvalue weighted by Gasteiger charge is -2.37. The SMILES string of the molecule is Cc1cc(N2CC(C)OC(C)C2)cn2cc(C(=O)O)nc12. The second-order valence-electron chi connectivity index (χ2n) is 5.71. The molecule has 0 aliphatic carbocycles. The summed E-state index contributed by atoms with van der Waals surface area (Å²) in [5, 5.41) is 9.06. The molecule has 3 rings (SSSR count). The van der Waals surface area contributed by atoms with Crippen LogP contribution in [-0.4, -0.2) is 45.8 Å². The molecule has 2 atom stereocenters. The maximum Gasteiger partial charge on any atom is 0.356 e. The van der Waals surface area contributed by atoms with Gasteiger partial charge in [0.2, 0.25) is 0 Å². The molecule has 0 spiro atoms. The normalized spacial score (nSPS) is 22.7. The van der Waals surface area contributed by atoms with E-state index in [0.29, 0.717) is 5.65 Å². The zero-order valence-corrected chi connectivity index (χ0v) is 12.4. The highest BCUT2D eigenvalue weighted by molar-refractivity contribution is 5.86. The van der Waals surface area contributed by atoms with Crippen molar-refractivity contribution >= 4 is 17.3 Å². The number of carbonyl (C=O) groups is 1. The van der Waals surface area contributed by atoms with Crippen LogP contribution in [0.15, 0.2) is 18.5 Å². The Bertz CT molecular complexity index is 685. The van der Waals surface area contributed by atoms with E-state index in [1.807, 2.05) is 13.1 Å². The predicted molar refractivity (Wildman–Crippen MR) is 79.1 cm³/mol. The molecule has 112 valence electrons. The van der Waals surface area contributed by atoms with E-state index in [-0.39, 0.29) is 17.9 Å². The molecule has 1 fully saturated rings. The summed E-state index contributed by atoms with van der Waals surface area (Å²) in [4.78, 5) is 17.5. The Morgan fingerprint density at radius 2 is 2.00 bits per heavy atom. The number of nitrogens with zero attached hydrogens (tertiary/aromatic N) is 3. The first kappa shape index (κ1) is 13.9. The zero-order valence-electron chi connectivity index (χ0n) is 12.4. The molecule has 21 heavy (non-hydrogen) atoms. The Balaban J connectivity index is 2.01. The number of hydrogen-bond donors (Lipinski definition) is 1. The van der Waals surface area contributed by atoms with Gasteiger partial charge in [-0.15, -0.1) is 0 Å². The van der Waals surface area contributed by atoms with Crippen LogP contribution in [0, 0.1) is 6.92 Å². The number of aryl methyl sites for hydroxylation is 1. The summed E-state index contributed by atoms with van der Waals surface area (Å²) >= 11 is 0. The second kappa shape index (κ2) is 5.04. The molecule has 1 saturated heterocycles. The number of aromatic nitrogens is 2. The van der Waals surface area contributed by atoms with E-state index in [0.717, 1.165) is 24.3 Å². The van der Waals surface area contributed by atoms with E-state index in [1.165, 1.54) is 0 Å². The number of imidazole rings is 1. The molecule has 6 heteroatoms. The lowest BCUT2D eigenvalue weighted by atomic mass is 10.2. The van der Waals surface area contributed by atoms with Gasteiger partial charge in [0.25, 0.3) is 0 Å². The summed E-state index contributed by atoms with van der Waals surface area (Å²) in [6.07, 6.45) is 3.86. The fraction of sp³-hybridized carbons (Fsp3) is 0.467. The summed E-state index contributed by atoms with van der Waals surface area (Å²) in [7, 11) is 0. The molecule has 0 amide bonds.